The van der Waals surface area contributed by atoms with Crippen LogP contribution in [0.15, 0.2) is 64.0 Å². The van der Waals surface area contributed by atoms with Crippen LogP contribution in [0.2, 0.25) is 0 Å². The number of anilines is 1. The Morgan fingerprint density at radius 2 is 2.04 bits per heavy atom. The second-order valence-corrected chi connectivity index (χ2v) is 7.41. The van der Waals surface area contributed by atoms with E-state index in [2.05, 4.69) is 43.1 Å². The summed E-state index contributed by atoms with van der Waals surface area (Å²) in [6.45, 7) is 0. The number of tetrazole rings is 1. The number of nitrogens with one attached hydrogen (secondary N) is 2. The third kappa shape index (κ3) is 3.42. The molecular formula is C17H11N7S2. The van der Waals surface area contributed by atoms with Gasteiger partial charge in [0.05, 0.1) is 15.9 Å². The first-order chi connectivity index (χ1) is 12.8. The van der Waals surface area contributed by atoms with Crippen LogP contribution in [-0.2, 0) is 0 Å². The van der Waals surface area contributed by atoms with E-state index in [0.29, 0.717) is 5.57 Å². The fraction of sp³-hybridized carbons (Fsp3) is 0. The van der Waals surface area contributed by atoms with E-state index in [1.807, 2.05) is 42.5 Å². The summed E-state index contributed by atoms with van der Waals surface area (Å²) in [5.41, 5.74) is 2.15. The zero-order valence-electron chi connectivity index (χ0n) is 13.2. The summed E-state index contributed by atoms with van der Waals surface area (Å²) in [6.07, 6.45) is 1.57. The minimum absolute atomic E-state index is 0.247. The second kappa shape index (κ2) is 7.35. The SMILES string of the molecule is N#CC(=CNc1ccccc1Sc1nc2ccccc2s1)c1nn[nH]n1. The molecule has 126 valence electrons. The molecule has 7 nitrogen and oxygen atoms in total. The summed E-state index contributed by atoms with van der Waals surface area (Å²) in [5.74, 6) is 0.247. The minimum Gasteiger partial charge on any atom is -0.359 e. The first-order valence-electron chi connectivity index (χ1n) is 7.56. The minimum atomic E-state index is 0.247. The van der Waals surface area contributed by atoms with Crippen LogP contribution in [0.4, 0.5) is 5.69 Å². The second-order valence-electron chi connectivity index (χ2n) is 5.10. The normalized spacial score (nSPS) is 11.4. The van der Waals surface area contributed by atoms with Gasteiger partial charge in [-0.2, -0.15) is 10.5 Å². The third-order valence-corrected chi connectivity index (χ3v) is 5.61. The van der Waals surface area contributed by atoms with Crippen LogP contribution in [0.25, 0.3) is 15.8 Å². The molecule has 9 heteroatoms. The van der Waals surface area contributed by atoms with Gasteiger partial charge in [0, 0.05) is 11.1 Å². The summed E-state index contributed by atoms with van der Waals surface area (Å²) in [5, 5.41) is 25.9. The van der Waals surface area contributed by atoms with Gasteiger partial charge in [-0.3, -0.25) is 0 Å². The van der Waals surface area contributed by atoms with Gasteiger partial charge in [0.1, 0.15) is 11.6 Å². The molecule has 0 aliphatic carbocycles. The van der Waals surface area contributed by atoms with Crippen molar-refractivity contribution >= 4 is 44.6 Å². The molecule has 0 fully saturated rings. The topological polar surface area (TPSA) is 103 Å². The van der Waals surface area contributed by atoms with Crippen molar-refractivity contribution in [2.75, 3.05) is 5.32 Å². The van der Waals surface area contributed by atoms with Crippen LogP contribution in [0, 0.1) is 11.3 Å². The van der Waals surface area contributed by atoms with Crippen molar-refractivity contribution in [2.24, 2.45) is 0 Å². The number of thiazole rings is 1. The molecule has 2 aromatic carbocycles. The highest BCUT2D eigenvalue weighted by Gasteiger charge is 2.10. The van der Waals surface area contributed by atoms with E-state index < -0.39 is 0 Å². The molecule has 0 radical (unpaired) electrons. The van der Waals surface area contributed by atoms with Gasteiger partial charge in [-0.25, -0.2) is 4.98 Å². The fourth-order valence-electron chi connectivity index (χ4n) is 2.24. The van der Waals surface area contributed by atoms with E-state index in [9.17, 15) is 5.26 Å². The monoisotopic (exact) mass is 377 g/mol. The van der Waals surface area contributed by atoms with Gasteiger partial charge in [-0.1, -0.05) is 36.0 Å². The van der Waals surface area contributed by atoms with Crippen LogP contribution in [0.1, 0.15) is 5.82 Å². The number of nitriles is 1. The smallest absolute Gasteiger partial charge is 0.216 e. The molecule has 0 bridgehead atoms. The number of hydrogen-bond acceptors (Lipinski definition) is 8. The molecule has 0 unspecified atom stereocenters. The largest absolute Gasteiger partial charge is 0.359 e. The number of benzene rings is 2. The predicted molar refractivity (Wildman–Crippen MR) is 102 cm³/mol. The predicted octanol–water partition coefficient (Wildman–Crippen LogP) is 3.94. The van der Waals surface area contributed by atoms with Crippen LogP contribution < -0.4 is 5.32 Å². The van der Waals surface area contributed by atoms with Gasteiger partial charge in [0.2, 0.25) is 5.82 Å². The molecule has 4 rings (SSSR count). The Balaban J connectivity index is 1.59. The van der Waals surface area contributed by atoms with Crippen molar-refractivity contribution in [3.63, 3.8) is 0 Å². The van der Waals surface area contributed by atoms with Gasteiger partial charge in [-0.15, -0.1) is 21.5 Å². The summed E-state index contributed by atoms with van der Waals surface area (Å²) in [4.78, 5) is 5.66. The molecule has 0 amide bonds. The summed E-state index contributed by atoms with van der Waals surface area (Å²) in [7, 11) is 0. The Morgan fingerprint density at radius 3 is 2.85 bits per heavy atom. The van der Waals surface area contributed by atoms with Crippen molar-refractivity contribution < 1.29 is 0 Å². The van der Waals surface area contributed by atoms with Crippen molar-refractivity contribution in [1.82, 2.24) is 25.6 Å². The maximum absolute atomic E-state index is 9.27. The number of rotatable bonds is 5. The lowest BCUT2D eigenvalue weighted by Gasteiger charge is -2.07. The molecule has 26 heavy (non-hydrogen) atoms. The van der Waals surface area contributed by atoms with E-state index in [-0.39, 0.29) is 5.82 Å². The van der Waals surface area contributed by atoms with Crippen molar-refractivity contribution in [3.05, 3.63) is 60.6 Å². The van der Waals surface area contributed by atoms with Crippen molar-refractivity contribution in [3.8, 4) is 6.07 Å². The van der Waals surface area contributed by atoms with Crippen LogP contribution in [0.3, 0.4) is 0 Å². The third-order valence-electron chi connectivity index (χ3n) is 3.44. The van der Waals surface area contributed by atoms with Crippen molar-refractivity contribution in [2.45, 2.75) is 9.24 Å². The number of aromatic nitrogens is 5. The fourth-order valence-corrected chi connectivity index (χ4v) is 4.35. The molecule has 2 aromatic heterocycles. The van der Waals surface area contributed by atoms with Gasteiger partial charge >= 0.3 is 0 Å². The number of aromatic amines is 1. The van der Waals surface area contributed by atoms with Gasteiger partial charge < -0.3 is 5.32 Å². The maximum atomic E-state index is 9.27. The molecule has 2 N–H and O–H groups in total. The number of nitrogens with zero attached hydrogens (tertiary/aromatic N) is 5. The van der Waals surface area contributed by atoms with Gasteiger partial charge in [-0.05, 0) is 29.5 Å². The molecule has 0 saturated carbocycles. The number of H-pyrrole nitrogens is 1. The van der Waals surface area contributed by atoms with Crippen LogP contribution in [0.5, 0.6) is 0 Å². The standard InChI is InChI=1S/C17H11N7S2/c18-9-11(16-21-23-24-22-16)10-19-12-5-1-3-7-14(12)25-17-20-13-6-2-4-8-15(13)26-17/h1-8,10,19H,(H,21,22,23,24). The molecule has 0 atom stereocenters. The molecular weight excluding hydrogens is 366 g/mol. The van der Waals surface area contributed by atoms with E-state index in [1.54, 1.807) is 29.3 Å². The highest BCUT2D eigenvalue weighted by molar-refractivity contribution is 8.01. The quantitative estimate of drug-likeness (QED) is 0.508. The number of fused-ring (bicyclic) bond motifs is 1. The van der Waals surface area contributed by atoms with Crippen molar-refractivity contribution in [1.29, 1.82) is 5.26 Å². The average molecular weight is 377 g/mol. The highest BCUT2D eigenvalue weighted by atomic mass is 32.2. The molecule has 0 saturated heterocycles. The van der Waals surface area contributed by atoms with E-state index in [1.165, 1.54) is 0 Å². The maximum Gasteiger partial charge on any atom is 0.216 e. The zero-order chi connectivity index (χ0) is 17.8. The zero-order valence-corrected chi connectivity index (χ0v) is 14.9. The lowest BCUT2D eigenvalue weighted by Crippen LogP contribution is -1.94. The van der Waals surface area contributed by atoms with Crippen LogP contribution >= 0.6 is 23.1 Å². The molecule has 2 heterocycles. The molecule has 0 aliphatic rings. The Bertz CT molecular complexity index is 1080. The van der Waals surface area contributed by atoms with E-state index in [0.717, 1.165) is 25.1 Å². The van der Waals surface area contributed by atoms with Gasteiger partial charge in [0.25, 0.3) is 0 Å². The molecule has 4 aromatic rings. The summed E-state index contributed by atoms with van der Waals surface area (Å²) >= 11 is 3.23. The van der Waals surface area contributed by atoms with Crippen LogP contribution in [-0.4, -0.2) is 25.6 Å². The Labute approximate surface area is 156 Å². The summed E-state index contributed by atoms with van der Waals surface area (Å²) < 4.78 is 2.12. The summed E-state index contributed by atoms with van der Waals surface area (Å²) in [6, 6.07) is 18.0. The number of para-hydroxylation sites is 2. The molecule has 0 aliphatic heterocycles. The Kier molecular flexibility index (Phi) is 4.59. The number of allylic oxidation sites excluding steroid dienone is 1. The first kappa shape index (κ1) is 16.3. The number of hydrogen-bond donors (Lipinski definition) is 2. The van der Waals surface area contributed by atoms with E-state index in [4.69, 9.17) is 0 Å². The Morgan fingerprint density at radius 1 is 1.19 bits per heavy atom. The van der Waals surface area contributed by atoms with E-state index >= 15 is 0 Å². The lowest BCUT2D eigenvalue weighted by atomic mass is 10.3. The molecule has 0 spiro atoms. The highest BCUT2D eigenvalue weighted by Crippen LogP contribution is 2.37. The first-order valence-corrected chi connectivity index (χ1v) is 9.20. The lowest BCUT2D eigenvalue weighted by molar-refractivity contribution is 0.881. The average Bonchev–Trinajstić information content (AvgIpc) is 3.33. The van der Waals surface area contributed by atoms with Gasteiger partial charge in [0.15, 0.2) is 4.34 Å². The Hall–Kier alpha value is -3.22.